The van der Waals surface area contributed by atoms with Gasteiger partial charge in [-0.05, 0) is 67.6 Å². The minimum absolute atomic E-state index is 0.0296. The van der Waals surface area contributed by atoms with Crippen molar-refractivity contribution in [1.29, 1.82) is 0 Å². The summed E-state index contributed by atoms with van der Waals surface area (Å²) in [5.41, 5.74) is 5.21. The highest BCUT2D eigenvalue weighted by atomic mass is 35.5. The van der Waals surface area contributed by atoms with Crippen molar-refractivity contribution in [2.24, 2.45) is 0 Å². The van der Waals surface area contributed by atoms with Crippen LogP contribution in [0, 0.1) is 13.8 Å². The summed E-state index contributed by atoms with van der Waals surface area (Å²) in [6.45, 7) is 8.28. The van der Waals surface area contributed by atoms with Crippen LogP contribution in [-0.4, -0.2) is 28.8 Å². The molecule has 2 amide bonds. The van der Waals surface area contributed by atoms with Crippen LogP contribution in [0.4, 0.5) is 0 Å². The minimum Gasteiger partial charge on any atom is -0.352 e. The molecule has 0 aliphatic rings. The summed E-state index contributed by atoms with van der Waals surface area (Å²) in [7, 11) is 0. The SMILES string of the molecule is Cc1ccc(CC(=O)N(Cc2ccc(Cl)cc2)[C@@H](Cc2ccccc2)C(=O)NC(C)C)cc1C. The summed E-state index contributed by atoms with van der Waals surface area (Å²) >= 11 is 6.08. The molecule has 1 atom stereocenters. The Morgan fingerprint density at radius 1 is 0.853 bits per heavy atom. The van der Waals surface area contributed by atoms with Gasteiger partial charge < -0.3 is 10.2 Å². The van der Waals surface area contributed by atoms with Crippen LogP contribution in [-0.2, 0) is 29.0 Å². The number of benzene rings is 3. The van der Waals surface area contributed by atoms with E-state index in [1.807, 2.05) is 93.6 Å². The number of aryl methyl sites for hydroxylation is 2. The lowest BCUT2D eigenvalue weighted by Crippen LogP contribution is -2.52. The normalized spacial score (nSPS) is 11.8. The quantitative estimate of drug-likeness (QED) is 0.433. The van der Waals surface area contributed by atoms with Crippen LogP contribution in [0.1, 0.15) is 41.7 Å². The Kier molecular flexibility index (Phi) is 8.89. The summed E-state index contributed by atoms with van der Waals surface area (Å²) < 4.78 is 0. The molecule has 34 heavy (non-hydrogen) atoms. The molecule has 0 spiro atoms. The lowest BCUT2D eigenvalue weighted by molar-refractivity contribution is -0.141. The van der Waals surface area contributed by atoms with E-state index in [4.69, 9.17) is 11.6 Å². The van der Waals surface area contributed by atoms with Crippen LogP contribution >= 0.6 is 11.6 Å². The molecule has 5 heteroatoms. The Morgan fingerprint density at radius 3 is 2.12 bits per heavy atom. The van der Waals surface area contributed by atoms with Gasteiger partial charge >= 0.3 is 0 Å². The molecular formula is C29H33ClN2O2. The number of halogens is 1. The molecule has 3 aromatic rings. The first-order valence-corrected chi connectivity index (χ1v) is 12.0. The van der Waals surface area contributed by atoms with E-state index in [9.17, 15) is 9.59 Å². The summed E-state index contributed by atoms with van der Waals surface area (Å²) in [4.78, 5) is 28.8. The first-order valence-electron chi connectivity index (χ1n) is 11.7. The lowest BCUT2D eigenvalue weighted by Gasteiger charge is -2.32. The van der Waals surface area contributed by atoms with E-state index < -0.39 is 6.04 Å². The van der Waals surface area contributed by atoms with Crippen molar-refractivity contribution in [2.75, 3.05) is 0 Å². The summed E-state index contributed by atoms with van der Waals surface area (Å²) in [6.07, 6.45) is 0.667. The molecule has 0 aromatic heterocycles. The molecular weight excluding hydrogens is 444 g/mol. The highest BCUT2D eigenvalue weighted by molar-refractivity contribution is 6.30. The molecule has 0 unspecified atom stereocenters. The van der Waals surface area contributed by atoms with E-state index in [1.165, 1.54) is 5.56 Å². The third kappa shape index (κ3) is 7.19. The minimum atomic E-state index is -0.639. The zero-order valence-corrected chi connectivity index (χ0v) is 21.1. The molecule has 1 N–H and O–H groups in total. The fourth-order valence-electron chi connectivity index (χ4n) is 3.91. The molecule has 0 radical (unpaired) electrons. The predicted octanol–water partition coefficient (Wildman–Crippen LogP) is 5.66. The van der Waals surface area contributed by atoms with Crippen LogP contribution in [0.2, 0.25) is 5.02 Å². The molecule has 0 saturated heterocycles. The molecule has 4 nitrogen and oxygen atoms in total. The summed E-state index contributed by atoms with van der Waals surface area (Å²) in [5, 5.41) is 3.65. The second-order valence-corrected chi connectivity index (χ2v) is 9.55. The number of carbonyl (C=O) groups is 2. The van der Waals surface area contributed by atoms with Crippen LogP contribution in [0.25, 0.3) is 0 Å². The molecule has 178 valence electrons. The molecule has 0 bridgehead atoms. The first kappa shape index (κ1) is 25.5. The number of hydrogen-bond acceptors (Lipinski definition) is 2. The van der Waals surface area contributed by atoms with Crippen molar-refractivity contribution >= 4 is 23.4 Å². The summed E-state index contributed by atoms with van der Waals surface area (Å²) in [5.74, 6) is -0.237. The molecule has 3 rings (SSSR count). The molecule has 3 aromatic carbocycles. The topological polar surface area (TPSA) is 49.4 Å². The van der Waals surface area contributed by atoms with Gasteiger partial charge in [0.05, 0.1) is 6.42 Å². The van der Waals surface area contributed by atoms with E-state index in [2.05, 4.69) is 12.2 Å². The van der Waals surface area contributed by atoms with Crippen molar-refractivity contribution in [3.05, 3.63) is 106 Å². The zero-order valence-electron chi connectivity index (χ0n) is 20.3. The van der Waals surface area contributed by atoms with Crippen molar-refractivity contribution in [3.63, 3.8) is 0 Å². The maximum absolute atomic E-state index is 13.7. The fraction of sp³-hybridized carbons (Fsp3) is 0.310. The number of hydrogen-bond donors (Lipinski definition) is 1. The molecule has 0 aliphatic heterocycles. The first-order chi connectivity index (χ1) is 16.2. The number of nitrogens with zero attached hydrogens (tertiary/aromatic N) is 1. The zero-order chi connectivity index (χ0) is 24.7. The Bertz CT molecular complexity index is 1110. The third-order valence-corrected chi connectivity index (χ3v) is 6.15. The third-order valence-electron chi connectivity index (χ3n) is 5.89. The van der Waals surface area contributed by atoms with Gasteiger partial charge in [-0.1, -0.05) is 72.3 Å². The van der Waals surface area contributed by atoms with Crippen LogP contribution in [0.3, 0.4) is 0 Å². The highest BCUT2D eigenvalue weighted by Gasteiger charge is 2.30. The molecule has 0 aliphatic carbocycles. The average molecular weight is 477 g/mol. The Labute approximate surface area is 207 Å². The van der Waals surface area contributed by atoms with Crippen LogP contribution in [0.15, 0.2) is 72.8 Å². The second kappa shape index (κ2) is 11.8. The number of rotatable bonds is 9. The van der Waals surface area contributed by atoms with Gasteiger partial charge in [0.1, 0.15) is 6.04 Å². The van der Waals surface area contributed by atoms with Gasteiger partial charge in [0, 0.05) is 24.0 Å². The predicted molar refractivity (Wildman–Crippen MR) is 139 cm³/mol. The standard InChI is InChI=1S/C29H33ClN2O2/c1-20(2)31-29(34)27(17-23-8-6-5-7-9-23)32(19-24-12-14-26(30)15-13-24)28(33)18-25-11-10-21(3)22(4)16-25/h5-16,20,27H,17-19H2,1-4H3,(H,31,34)/t27-/m0/s1. The van der Waals surface area contributed by atoms with E-state index in [0.717, 1.165) is 22.3 Å². The highest BCUT2D eigenvalue weighted by Crippen LogP contribution is 2.19. The molecule has 0 fully saturated rings. The lowest BCUT2D eigenvalue weighted by atomic mass is 10.00. The van der Waals surface area contributed by atoms with Gasteiger partial charge in [0.15, 0.2) is 0 Å². The van der Waals surface area contributed by atoms with E-state index in [1.54, 1.807) is 4.90 Å². The number of carbonyl (C=O) groups excluding carboxylic acids is 2. The fourth-order valence-corrected chi connectivity index (χ4v) is 4.04. The number of amides is 2. The van der Waals surface area contributed by atoms with Crippen molar-refractivity contribution in [3.8, 4) is 0 Å². The van der Waals surface area contributed by atoms with Crippen LogP contribution < -0.4 is 5.32 Å². The monoisotopic (exact) mass is 476 g/mol. The van der Waals surface area contributed by atoms with Gasteiger partial charge in [0.25, 0.3) is 0 Å². The molecule has 0 saturated carbocycles. The molecule has 0 heterocycles. The van der Waals surface area contributed by atoms with Gasteiger partial charge in [-0.25, -0.2) is 0 Å². The van der Waals surface area contributed by atoms with E-state index >= 15 is 0 Å². The van der Waals surface area contributed by atoms with Gasteiger partial charge in [0.2, 0.25) is 11.8 Å². The van der Waals surface area contributed by atoms with Gasteiger partial charge in [-0.2, -0.15) is 0 Å². The Balaban J connectivity index is 1.97. The maximum Gasteiger partial charge on any atom is 0.243 e. The van der Waals surface area contributed by atoms with Crippen molar-refractivity contribution < 1.29 is 9.59 Å². The van der Waals surface area contributed by atoms with Gasteiger partial charge in [-0.15, -0.1) is 0 Å². The Hall–Kier alpha value is -3.11. The van der Waals surface area contributed by atoms with Crippen LogP contribution in [0.5, 0.6) is 0 Å². The second-order valence-electron chi connectivity index (χ2n) is 9.11. The van der Waals surface area contributed by atoms with E-state index in [-0.39, 0.29) is 24.3 Å². The Morgan fingerprint density at radius 2 is 1.50 bits per heavy atom. The van der Waals surface area contributed by atoms with Gasteiger partial charge in [-0.3, -0.25) is 9.59 Å². The van der Waals surface area contributed by atoms with Crippen molar-refractivity contribution in [1.82, 2.24) is 10.2 Å². The smallest absolute Gasteiger partial charge is 0.243 e. The largest absolute Gasteiger partial charge is 0.352 e. The van der Waals surface area contributed by atoms with Crippen molar-refractivity contribution in [2.45, 2.75) is 59.2 Å². The average Bonchev–Trinajstić information content (AvgIpc) is 2.80. The van der Waals surface area contributed by atoms with E-state index in [0.29, 0.717) is 18.0 Å². The number of nitrogens with one attached hydrogen (secondary N) is 1. The maximum atomic E-state index is 13.7. The summed E-state index contributed by atoms with van der Waals surface area (Å²) in [6, 6.07) is 22.7.